The summed E-state index contributed by atoms with van der Waals surface area (Å²) in [6.45, 7) is 0. The normalized spacial score (nSPS) is 11.9. The number of thiophene rings is 2. The number of nitrogens with zero attached hydrogens (tertiary/aromatic N) is 4. The van der Waals surface area contributed by atoms with Crippen molar-refractivity contribution in [2.75, 3.05) is 0 Å². The molecule has 5 nitrogen and oxygen atoms in total. The zero-order chi connectivity index (χ0) is 57.4. The Morgan fingerprint density at radius 3 is 1.31 bits per heavy atom. The molecule has 0 atom stereocenters. The molecule has 0 N–H and O–H groups in total. The summed E-state index contributed by atoms with van der Waals surface area (Å²) in [5.74, 6) is 0. The molecule has 0 unspecified atom stereocenters. The van der Waals surface area contributed by atoms with Crippen LogP contribution in [0.1, 0.15) is 11.1 Å². The van der Waals surface area contributed by atoms with Crippen LogP contribution in [0.25, 0.3) is 173 Å². The van der Waals surface area contributed by atoms with E-state index in [0.29, 0.717) is 28.1 Å². The van der Waals surface area contributed by atoms with Crippen molar-refractivity contribution < 1.29 is 4.42 Å². The molecular formula is C80H44N4OS2. The van der Waals surface area contributed by atoms with Crippen molar-refractivity contribution in [1.82, 2.24) is 9.13 Å². The van der Waals surface area contributed by atoms with Crippen molar-refractivity contribution in [2.45, 2.75) is 0 Å². The van der Waals surface area contributed by atoms with Crippen LogP contribution < -0.4 is 0 Å². The van der Waals surface area contributed by atoms with E-state index >= 15 is 0 Å². The predicted molar refractivity (Wildman–Crippen MR) is 365 cm³/mol. The van der Waals surface area contributed by atoms with Crippen LogP contribution in [0, 0.1) is 22.7 Å². The van der Waals surface area contributed by atoms with E-state index in [1.165, 1.54) is 31.3 Å². The van der Waals surface area contributed by atoms with E-state index in [-0.39, 0.29) is 0 Å². The molecule has 0 aliphatic heterocycles. The van der Waals surface area contributed by atoms with Crippen molar-refractivity contribution in [3.8, 4) is 79.1 Å². The molecule has 0 radical (unpaired) electrons. The third kappa shape index (κ3) is 7.10. The van der Waals surface area contributed by atoms with E-state index in [4.69, 9.17) is 4.42 Å². The molecular weight excluding hydrogens is 1100 g/mol. The van der Waals surface area contributed by atoms with Gasteiger partial charge in [-0.25, -0.2) is 0 Å². The second kappa shape index (κ2) is 19.1. The fourth-order valence-corrected chi connectivity index (χ4v) is 16.9. The minimum Gasteiger partial charge on any atom is -0.455 e. The van der Waals surface area contributed by atoms with Crippen LogP contribution in [-0.2, 0) is 0 Å². The van der Waals surface area contributed by atoms with Crippen LogP contribution in [0.3, 0.4) is 0 Å². The molecule has 5 heterocycles. The van der Waals surface area contributed by atoms with Crippen LogP contribution in [0.2, 0.25) is 0 Å². The number of hydrogen-bond acceptors (Lipinski definition) is 5. The number of rotatable bonds is 7. The molecule has 7 heteroatoms. The first kappa shape index (κ1) is 49.1. The third-order valence-electron chi connectivity index (χ3n) is 17.8. The van der Waals surface area contributed by atoms with Gasteiger partial charge in [-0.3, -0.25) is 0 Å². The Balaban J connectivity index is 1.05. The summed E-state index contributed by atoms with van der Waals surface area (Å²) >= 11 is 3.62. The lowest BCUT2D eigenvalue weighted by atomic mass is 9.86. The number of fused-ring (bicyclic) bond motifs is 17. The molecule has 0 saturated heterocycles. The van der Waals surface area contributed by atoms with E-state index in [0.717, 1.165) is 125 Å². The lowest BCUT2D eigenvalue weighted by Gasteiger charge is -2.25. The summed E-state index contributed by atoms with van der Waals surface area (Å²) < 4.78 is 16.0. The van der Waals surface area contributed by atoms with Gasteiger partial charge < -0.3 is 13.6 Å². The number of hydrogen-bond donors (Lipinski definition) is 0. The molecule has 402 valence electrons. The molecule has 0 spiro atoms. The summed E-state index contributed by atoms with van der Waals surface area (Å²) in [6, 6.07) is 100.0. The first-order valence-electron chi connectivity index (χ1n) is 29.1. The number of para-hydroxylation sites is 3. The fraction of sp³-hybridized carbons (Fsp3) is 0. The number of nitriles is 2. The zero-order valence-corrected chi connectivity index (χ0v) is 48.1. The summed E-state index contributed by atoms with van der Waals surface area (Å²) in [5.41, 5.74) is 17.4. The lowest BCUT2D eigenvalue weighted by molar-refractivity contribution is 0.670. The van der Waals surface area contributed by atoms with Crippen molar-refractivity contribution in [3.63, 3.8) is 0 Å². The molecule has 0 aliphatic carbocycles. The van der Waals surface area contributed by atoms with Crippen molar-refractivity contribution in [1.29, 1.82) is 10.5 Å². The largest absolute Gasteiger partial charge is 0.455 e. The van der Waals surface area contributed by atoms with Gasteiger partial charge in [-0.15, -0.1) is 22.7 Å². The molecule has 18 aromatic rings. The second-order valence-corrected chi connectivity index (χ2v) is 24.4. The SMILES string of the molecule is N#Cc1c(-c2ccccc2)c(C#N)c(-n2c3c(ccc4c5cccc(-c6ccccc6)c5sc43)c3ccc4c5cccc(-c6ccccc6)c5sc4c32)c(-c2ccccc2)c1-n1c2ccccc2c2cc(-c3cccc4c3oc3ccccc34)ccc21. The summed E-state index contributed by atoms with van der Waals surface area (Å²) in [6.07, 6.45) is 0. The van der Waals surface area contributed by atoms with Crippen LogP contribution >= 0.6 is 22.7 Å². The molecule has 87 heavy (non-hydrogen) atoms. The Bertz CT molecular complexity index is 5840. The fourth-order valence-electron chi connectivity index (χ4n) is 14.1. The summed E-state index contributed by atoms with van der Waals surface area (Å²) in [7, 11) is 0. The molecule has 0 saturated carbocycles. The van der Waals surface area contributed by atoms with Crippen LogP contribution in [0.4, 0.5) is 0 Å². The molecule has 13 aromatic carbocycles. The molecule has 0 amide bonds. The maximum absolute atomic E-state index is 12.5. The highest BCUT2D eigenvalue weighted by atomic mass is 32.1. The Morgan fingerprint density at radius 2 is 0.736 bits per heavy atom. The van der Waals surface area contributed by atoms with Gasteiger partial charge in [0.25, 0.3) is 0 Å². The maximum atomic E-state index is 12.5. The van der Waals surface area contributed by atoms with Gasteiger partial charge >= 0.3 is 0 Å². The monoisotopic (exact) mass is 1140 g/mol. The van der Waals surface area contributed by atoms with E-state index in [2.05, 4.69) is 240 Å². The molecule has 0 fully saturated rings. The standard InChI is InChI=1S/C80H44N4OS2/c81-45-65-70(49-24-9-3-10-25-49)66(46-82)73(71(50-26-11-4-12-27-50)72(65)83-67-36-15-13-28-55(67)64-44-51(38-43-68(64)83)52-30-17-33-59-56-29-14-16-37-69(56)85-76(52)59)84-74-57(39-41-62-60-34-18-31-53(77(60)86-79(62)74)47-20-5-1-6-21-47)58-40-42-63-61-35-19-32-54(48-22-7-2-8-23-48)78(61)87-80(63)75(58)84/h1-44H. The highest BCUT2D eigenvalue weighted by Crippen LogP contribution is 2.54. The average molecular weight is 1140 g/mol. The van der Waals surface area contributed by atoms with Gasteiger partial charge in [-0.2, -0.15) is 10.5 Å². The zero-order valence-electron chi connectivity index (χ0n) is 46.4. The Labute approximate surface area is 506 Å². The molecule has 0 bridgehead atoms. The minimum absolute atomic E-state index is 0.402. The lowest BCUT2D eigenvalue weighted by Crippen LogP contribution is -2.11. The number of benzene rings is 13. The van der Waals surface area contributed by atoms with E-state index in [1.807, 2.05) is 71.2 Å². The first-order chi connectivity index (χ1) is 43.1. The minimum atomic E-state index is 0.402. The van der Waals surface area contributed by atoms with Crippen LogP contribution in [0.15, 0.2) is 271 Å². The Hall–Kier alpha value is -11.3. The van der Waals surface area contributed by atoms with Gasteiger partial charge in [0.2, 0.25) is 0 Å². The van der Waals surface area contributed by atoms with Gasteiger partial charge in [0, 0.05) is 80.0 Å². The maximum Gasteiger partial charge on any atom is 0.143 e. The number of aromatic nitrogens is 2. The number of furan rings is 1. The highest BCUT2D eigenvalue weighted by Gasteiger charge is 2.33. The van der Waals surface area contributed by atoms with Gasteiger partial charge in [0.05, 0.1) is 54.0 Å². The predicted octanol–water partition coefficient (Wildman–Crippen LogP) is 22.6. The van der Waals surface area contributed by atoms with Crippen LogP contribution in [-0.4, -0.2) is 9.13 Å². The van der Waals surface area contributed by atoms with Crippen molar-refractivity contribution >= 4 is 129 Å². The van der Waals surface area contributed by atoms with E-state index in [9.17, 15) is 10.5 Å². The summed E-state index contributed by atoms with van der Waals surface area (Å²) in [5, 5.41) is 35.8. The van der Waals surface area contributed by atoms with Gasteiger partial charge in [0.15, 0.2) is 0 Å². The molecule has 5 aromatic heterocycles. The highest BCUT2D eigenvalue weighted by molar-refractivity contribution is 7.28. The Kier molecular flexibility index (Phi) is 10.8. The Morgan fingerprint density at radius 1 is 0.299 bits per heavy atom. The van der Waals surface area contributed by atoms with Crippen molar-refractivity contribution in [2.24, 2.45) is 0 Å². The van der Waals surface area contributed by atoms with Crippen LogP contribution in [0.5, 0.6) is 0 Å². The average Bonchev–Trinajstić information content (AvgIpc) is 1.84. The quantitative estimate of drug-likeness (QED) is 0.160. The molecule has 18 rings (SSSR count). The van der Waals surface area contributed by atoms with E-state index in [1.54, 1.807) is 0 Å². The van der Waals surface area contributed by atoms with Gasteiger partial charge in [-0.1, -0.05) is 243 Å². The van der Waals surface area contributed by atoms with Crippen molar-refractivity contribution in [3.05, 3.63) is 278 Å². The molecule has 0 aliphatic rings. The van der Waals surface area contributed by atoms with E-state index < -0.39 is 0 Å². The summed E-state index contributed by atoms with van der Waals surface area (Å²) in [4.78, 5) is 0. The topological polar surface area (TPSA) is 70.6 Å². The van der Waals surface area contributed by atoms with Gasteiger partial charge in [-0.05, 0) is 63.2 Å². The second-order valence-electron chi connectivity index (χ2n) is 22.3. The first-order valence-corrected chi connectivity index (χ1v) is 30.7. The third-order valence-corrected chi connectivity index (χ3v) is 20.3. The van der Waals surface area contributed by atoms with Gasteiger partial charge in [0.1, 0.15) is 23.3 Å². The smallest absolute Gasteiger partial charge is 0.143 e.